The molecule has 0 saturated carbocycles. The first-order valence-electron chi connectivity index (χ1n) is 7.47. The molecule has 0 unspecified atom stereocenters. The molecule has 0 radical (unpaired) electrons. The topological polar surface area (TPSA) is 27.7 Å². The van der Waals surface area contributed by atoms with Crippen molar-refractivity contribution in [2.75, 3.05) is 19.8 Å². The summed E-state index contributed by atoms with van der Waals surface area (Å²) in [5.74, 6) is 0. The monoisotopic (exact) mass is 448 g/mol. The molecule has 3 nitrogen and oxygen atoms in total. The van der Waals surface area contributed by atoms with Gasteiger partial charge in [0.25, 0.3) is 0 Å². The summed E-state index contributed by atoms with van der Waals surface area (Å²) in [5.41, 5.74) is 1.31. The van der Waals surface area contributed by atoms with Gasteiger partial charge in [-0.15, -0.1) is 0 Å². The van der Waals surface area contributed by atoms with Gasteiger partial charge in [0.05, 0.1) is 0 Å². The van der Waals surface area contributed by atoms with Gasteiger partial charge in [0.1, 0.15) is 0 Å². The molecule has 0 aliphatic carbocycles. The molecule has 1 rings (SSSR count). The average molecular weight is 447 g/mol. The fourth-order valence-corrected chi connectivity index (χ4v) is 13.8. The Kier molecular flexibility index (Phi) is 7.59. The second kappa shape index (κ2) is 8.42. The third-order valence-electron chi connectivity index (χ3n) is 3.31. The first kappa shape index (κ1) is 18.0. The molecule has 0 spiro atoms. The Hall–Kier alpha value is -0.0299. The van der Waals surface area contributed by atoms with Crippen LogP contribution in [0.5, 0.6) is 0 Å². The van der Waals surface area contributed by atoms with Crippen LogP contribution in [-0.4, -0.2) is 19.8 Å². The van der Waals surface area contributed by atoms with E-state index in [0.29, 0.717) is 19.8 Å². The van der Waals surface area contributed by atoms with Crippen LogP contribution in [-0.2, 0) is 35.3 Å². The van der Waals surface area contributed by atoms with Crippen LogP contribution in [0.1, 0.15) is 40.2 Å². The van der Waals surface area contributed by atoms with Crippen molar-refractivity contribution in [1.29, 1.82) is 0 Å². The molecular formula is C16H28HfO3. The summed E-state index contributed by atoms with van der Waals surface area (Å²) in [6.07, 6.45) is 0. The van der Waals surface area contributed by atoms with E-state index in [1.165, 1.54) is 5.56 Å². The fourth-order valence-electron chi connectivity index (χ4n) is 2.47. The number of hydrogen-bond donors (Lipinski definition) is 0. The molecule has 0 aliphatic rings. The van der Waals surface area contributed by atoms with E-state index in [9.17, 15) is 0 Å². The van der Waals surface area contributed by atoms with Gasteiger partial charge in [-0.25, -0.2) is 0 Å². The van der Waals surface area contributed by atoms with E-state index in [-0.39, 0.29) is 5.41 Å². The zero-order valence-electron chi connectivity index (χ0n) is 13.4. The molecule has 1 aromatic rings. The van der Waals surface area contributed by atoms with Gasteiger partial charge in [-0.1, -0.05) is 0 Å². The van der Waals surface area contributed by atoms with Crippen molar-refractivity contribution in [3.05, 3.63) is 35.9 Å². The zero-order valence-corrected chi connectivity index (χ0v) is 17.0. The summed E-state index contributed by atoms with van der Waals surface area (Å²) in [7, 11) is 0. The van der Waals surface area contributed by atoms with Crippen molar-refractivity contribution in [1.82, 2.24) is 0 Å². The second-order valence-electron chi connectivity index (χ2n) is 5.41. The number of benzene rings is 1. The van der Waals surface area contributed by atoms with E-state index in [1.807, 2.05) is 26.8 Å². The van der Waals surface area contributed by atoms with Gasteiger partial charge >= 0.3 is 130 Å². The molecule has 0 atom stereocenters. The van der Waals surface area contributed by atoms with Crippen LogP contribution in [0.2, 0.25) is 4.18 Å². The quantitative estimate of drug-likeness (QED) is 0.526. The van der Waals surface area contributed by atoms with E-state index in [1.54, 1.807) is 0 Å². The van der Waals surface area contributed by atoms with E-state index in [4.69, 9.17) is 8.56 Å². The standard InChI is InChI=1S/C10H13.3C2H5O.Hf/c1-10(2,3)9-7-5-4-6-8-9;3*1-2-3;/h4-8H,1H2,2-3H3;3*2H2,1H3;/q;3*-1;+3. The second-order valence-corrected chi connectivity index (χ2v) is 14.7. The predicted molar refractivity (Wildman–Crippen MR) is 79.2 cm³/mol. The fraction of sp³-hybridized carbons (Fsp3) is 0.625. The normalized spacial score (nSPS) is 12.7. The van der Waals surface area contributed by atoms with Crippen LogP contribution in [0.3, 0.4) is 0 Å². The van der Waals surface area contributed by atoms with Crippen LogP contribution in [0, 0.1) is 0 Å². The maximum atomic E-state index is 6.05. The Labute approximate surface area is 129 Å². The van der Waals surface area contributed by atoms with Crippen molar-refractivity contribution in [3.8, 4) is 0 Å². The van der Waals surface area contributed by atoms with Gasteiger partial charge in [0.2, 0.25) is 0 Å². The molecule has 0 heterocycles. The number of hydrogen-bond acceptors (Lipinski definition) is 3. The van der Waals surface area contributed by atoms with Gasteiger partial charge in [-0.3, -0.25) is 0 Å². The van der Waals surface area contributed by atoms with Gasteiger partial charge in [-0.05, 0) is 0 Å². The Morgan fingerprint density at radius 3 is 1.70 bits per heavy atom. The van der Waals surface area contributed by atoms with E-state index < -0.39 is 21.3 Å². The average Bonchev–Trinajstić information content (AvgIpc) is 2.40. The minimum absolute atomic E-state index is 0.00231. The molecule has 20 heavy (non-hydrogen) atoms. The molecule has 0 aromatic heterocycles. The van der Waals surface area contributed by atoms with E-state index in [2.05, 4.69) is 38.1 Å². The molecule has 0 aliphatic heterocycles. The Morgan fingerprint density at radius 1 is 0.850 bits per heavy atom. The molecule has 4 heteroatoms. The Bertz CT molecular complexity index is 362. The Balaban J connectivity index is 2.97. The summed E-state index contributed by atoms with van der Waals surface area (Å²) in [5, 5.41) is 0. The van der Waals surface area contributed by atoms with Gasteiger partial charge < -0.3 is 0 Å². The molecule has 0 fully saturated rings. The molecule has 0 amide bonds. The molecule has 0 saturated heterocycles. The number of rotatable bonds is 9. The van der Waals surface area contributed by atoms with Gasteiger partial charge in [0.15, 0.2) is 0 Å². The summed E-state index contributed by atoms with van der Waals surface area (Å²) >= 11 is -3.61. The third kappa shape index (κ3) is 5.06. The van der Waals surface area contributed by atoms with Gasteiger partial charge in [-0.2, -0.15) is 0 Å². The maximum absolute atomic E-state index is 6.05. The van der Waals surface area contributed by atoms with E-state index in [0.717, 1.165) is 4.18 Å². The summed E-state index contributed by atoms with van der Waals surface area (Å²) < 4.78 is 19.0. The van der Waals surface area contributed by atoms with Crippen molar-refractivity contribution in [2.24, 2.45) is 0 Å². The van der Waals surface area contributed by atoms with Crippen LogP contribution in [0.4, 0.5) is 0 Å². The first-order valence-corrected chi connectivity index (χ1v) is 14.4. The van der Waals surface area contributed by atoms with Gasteiger partial charge in [0, 0.05) is 0 Å². The van der Waals surface area contributed by atoms with Crippen molar-refractivity contribution >= 4 is 0 Å². The van der Waals surface area contributed by atoms with Crippen molar-refractivity contribution in [3.63, 3.8) is 0 Å². The van der Waals surface area contributed by atoms with Crippen LogP contribution >= 0.6 is 0 Å². The van der Waals surface area contributed by atoms with Crippen LogP contribution in [0.25, 0.3) is 0 Å². The summed E-state index contributed by atoms with van der Waals surface area (Å²) in [6, 6.07) is 10.5. The van der Waals surface area contributed by atoms with Crippen molar-refractivity contribution in [2.45, 2.75) is 44.2 Å². The third-order valence-corrected chi connectivity index (χ3v) is 15.9. The summed E-state index contributed by atoms with van der Waals surface area (Å²) in [4.78, 5) is 0. The zero-order chi connectivity index (χ0) is 15.1. The first-order chi connectivity index (χ1) is 9.49. The molecule has 114 valence electrons. The van der Waals surface area contributed by atoms with E-state index >= 15 is 0 Å². The van der Waals surface area contributed by atoms with Crippen LogP contribution in [0.15, 0.2) is 30.3 Å². The van der Waals surface area contributed by atoms with Crippen molar-refractivity contribution < 1.29 is 29.8 Å². The molecule has 0 N–H and O–H groups in total. The predicted octanol–water partition coefficient (Wildman–Crippen LogP) is 4.39. The molecular weight excluding hydrogens is 419 g/mol. The summed E-state index contributed by atoms with van der Waals surface area (Å²) in [6.45, 7) is 12.5. The SMILES string of the molecule is CC[O][Hf]([CH2]C(C)(C)c1ccccc1)([O]CC)[O]CC. The molecule has 0 bridgehead atoms. The van der Waals surface area contributed by atoms with Crippen LogP contribution < -0.4 is 0 Å². The Morgan fingerprint density at radius 2 is 1.30 bits per heavy atom. The minimum atomic E-state index is -3.61. The molecule has 1 aromatic carbocycles.